The molecule has 0 bridgehead atoms. The number of anilines is 1. The maximum atomic E-state index is 13.1. The molecule has 0 spiro atoms. The molecule has 0 unspecified atom stereocenters. The fraction of sp³-hybridized carbons (Fsp3) is 0.381. The van der Waals surface area contributed by atoms with Crippen molar-refractivity contribution in [3.8, 4) is 0 Å². The highest BCUT2D eigenvalue weighted by atomic mass is 32.2. The highest BCUT2D eigenvalue weighted by molar-refractivity contribution is 8.00. The minimum atomic E-state index is -1.75. The van der Waals surface area contributed by atoms with Crippen molar-refractivity contribution in [3.05, 3.63) is 40.8 Å². The van der Waals surface area contributed by atoms with Crippen LogP contribution in [0.4, 0.5) is 5.13 Å². The quantitative estimate of drug-likeness (QED) is 0.137. The SMILES string of the molecule is Cn1ccc[n+]1CC1=C(C(=O)[O-])N2C(=O)[C@@H](NC(=O)/C(=N\OC(C)(C)C(=O)O)c3csc(N)n3)[C@H]2SC1. The minimum Gasteiger partial charge on any atom is -0.543 e. The first-order valence-electron chi connectivity index (χ1n) is 10.8. The van der Waals surface area contributed by atoms with Gasteiger partial charge >= 0.3 is 5.97 Å². The third-order valence-electron chi connectivity index (χ3n) is 5.71. The molecule has 4 N–H and O–H groups in total. The number of nitrogens with zero attached hydrogens (tertiary/aromatic N) is 5. The summed E-state index contributed by atoms with van der Waals surface area (Å²) in [5.41, 5.74) is 3.82. The third kappa shape index (κ3) is 5.01. The molecule has 16 heteroatoms. The predicted molar refractivity (Wildman–Crippen MR) is 129 cm³/mol. The van der Waals surface area contributed by atoms with Gasteiger partial charge < -0.3 is 30.9 Å². The molecule has 14 nitrogen and oxygen atoms in total. The molecule has 2 aliphatic heterocycles. The van der Waals surface area contributed by atoms with Crippen LogP contribution in [0.1, 0.15) is 19.5 Å². The van der Waals surface area contributed by atoms with Crippen LogP contribution in [0.2, 0.25) is 0 Å². The number of carboxylic acids is 2. The minimum absolute atomic E-state index is 0.0262. The second-order valence-electron chi connectivity index (χ2n) is 8.68. The maximum Gasteiger partial charge on any atom is 0.350 e. The molecule has 1 fully saturated rings. The molecule has 0 aromatic carbocycles. The summed E-state index contributed by atoms with van der Waals surface area (Å²) >= 11 is 2.32. The number of carbonyl (C=O) groups excluding carboxylic acids is 3. The van der Waals surface area contributed by atoms with Gasteiger partial charge in [-0.2, -0.15) is 4.68 Å². The lowest BCUT2D eigenvalue weighted by Gasteiger charge is -2.50. The van der Waals surface area contributed by atoms with Gasteiger partial charge in [0.15, 0.2) is 23.6 Å². The first kappa shape index (κ1) is 26.2. The molecule has 0 aliphatic carbocycles. The molecule has 196 valence electrons. The smallest absolute Gasteiger partial charge is 0.350 e. The van der Waals surface area contributed by atoms with E-state index in [2.05, 4.69) is 15.5 Å². The van der Waals surface area contributed by atoms with E-state index < -0.39 is 40.8 Å². The lowest BCUT2D eigenvalue weighted by atomic mass is 10.0. The van der Waals surface area contributed by atoms with E-state index in [4.69, 9.17) is 10.6 Å². The first-order chi connectivity index (χ1) is 17.4. The van der Waals surface area contributed by atoms with Crippen LogP contribution in [0.25, 0.3) is 0 Å². The van der Waals surface area contributed by atoms with E-state index in [0.717, 1.165) is 16.2 Å². The highest BCUT2D eigenvalue weighted by Crippen LogP contribution is 2.40. The number of β-lactam (4-membered cyclic amide) rings is 1. The van der Waals surface area contributed by atoms with Gasteiger partial charge in [-0.25, -0.2) is 9.78 Å². The van der Waals surface area contributed by atoms with Gasteiger partial charge in [-0.15, -0.1) is 27.8 Å². The summed E-state index contributed by atoms with van der Waals surface area (Å²) in [6.07, 6.45) is 3.58. The maximum absolute atomic E-state index is 13.1. The van der Waals surface area contributed by atoms with Crippen molar-refractivity contribution < 1.29 is 38.9 Å². The van der Waals surface area contributed by atoms with Gasteiger partial charge in [0.25, 0.3) is 11.8 Å². The number of aryl methyl sites for hydroxylation is 1. The van der Waals surface area contributed by atoms with Crippen molar-refractivity contribution in [1.82, 2.24) is 19.9 Å². The molecule has 2 aromatic heterocycles. The van der Waals surface area contributed by atoms with Crippen LogP contribution in [0, 0.1) is 0 Å². The summed E-state index contributed by atoms with van der Waals surface area (Å²) < 4.78 is 3.56. The molecule has 4 rings (SSSR count). The molecule has 0 saturated carbocycles. The number of nitrogen functional groups attached to an aromatic ring is 1. The normalized spacial score (nSPS) is 19.8. The molecular formula is C21H23N7O7S2. The van der Waals surface area contributed by atoms with Crippen molar-refractivity contribution in [3.63, 3.8) is 0 Å². The third-order valence-corrected chi connectivity index (χ3v) is 7.72. The van der Waals surface area contributed by atoms with E-state index in [0.29, 0.717) is 11.3 Å². The van der Waals surface area contributed by atoms with Crippen LogP contribution < -0.4 is 20.8 Å². The van der Waals surface area contributed by atoms with E-state index in [-0.39, 0.29) is 28.8 Å². The number of nitrogens with one attached hydrogen (secondary N) is 1. The van der Waals surface area contributed by atoms with E-state index in [1.165, 1.54) is 31.0 Å². The number of rotatable bonds is 9. The van der Waals surface area contributed by atoms with Gasteiger partial charge in [0.05, 0.1) is 24.9 Å². The van der Waals surface area contributed by atoms with Crippen molar-refractivity contribution in [2.24, 2.45) is 12.2 Å². The lowest BCUT2D eigenvalue weighted by molar-refractivity contribution is -0.766. The van der Waals surface area contributed by atoms with Crippen molar-refractivity contribution in [1.29, 1.82) is 0 Å². The van der Waals surface area contributed by atoms with Crippen molar-refractivity contribution in [2.75, 3.05) is 11.5 Å². The largest absolute Gasteiger partial charge is 0.543 e. The molecule has 2 amide bonds. The van der Waals surface area contributed by atoms with Crippen LogP contribution in [0.5, 0.6) is 0 Å². The van der Waals surface area contributed by atoms with Gasteiger partial charge in [-0.05, 0) is 13.8 Å². The Morgan fingerprint density at radius 2 is 2.16 bits per heavy atom. The zero-order valence-corrected chi connectivity index (χ0v) is 21.5. The van der Waals surface area contributed by atoms with Crippen LogP contribution in [0.3, 0.4) is 0 Å². The van der Waals surface area contributed by atoms with Crippen LogP contribution >= 0.6 is 23.1 Å². The van der Waals surface area contributed by atoms with E-state index in [9.17, 15) is 29.4 Å². The summed E-state index contributed by atoms with van der Waals surface area (Å²) in [4.78, 5) is 59.7. The molecule has 2 aromatic rings. The molecule has 37 heavy (non-hydrogen) atoms. The number of thioether (sulfide) groups is 1. The zero-order chi connectivity index (χ0) is 27.1. The number of nitrogens with two attached hydrogens (primary N) is 1. The summed E-state index contributed by atoms with van der Waals surface area (Å²) in [5.74, 6) is -4.01. The number of aliphatic carboxylic acids is 2. The lowest BCUT2D eigenvalue weighted by Crippen LogP contribution is -2.71. The second kappa shape index (κ2) is 9.85. The Morgan fingerprint density at radius 3 is 2.73 bits per heavy atom. The van der Waals surface area contributed by atoms with Gasteiger partial charge in [-0.3, -0.25) is 14.5 Å². The number of amides is 2. The van der Waals surface area contributed by atoms with Crippen LogP contribution in [-0.4, -0.2) is 71.9 Å². The number of aromatic nitrogens is 3. The van der Waals surface area contributed by atoms with Gasteiger partial charge in [0.2, 0.25) is 5.60 Å². The fourth-order valence-corrected chi connectivity index (χ4v) is 5.50. The van der Waals surface area contributed by atoms with E-state index in [1.54, 1.807) is 34.9 Å². The number of carboxylic acid groups (broad SMARTS) is 2. The highest BCUT2D eigenvalue weighted by Gasteiger charge is 2.53. The summed E-state index contributed by atoms with van der Waals surface area (Å²) in [7, 11) is 1.80. The Hall–Kier alpha value is -3.92. The zero-order valence-electron chi connectivity index (χ0n) is 19.9. The molecule has 1 saturated heterocycles. The number of carbonyl (C=O) groups is 4. The Morgan fingerprint density at radius 1 is 1.43 bits per heavy atom. The standard InChI is InChI=1S/C21H23N7O7S2/c1-21(2,19(33)34)35-25-12(11-9-37-20(22)23-11)15(29)24-13-16(30)28-14(18(31)32)10(8-36-17(13)28)7-27-6-4-5-26(27)3/h4-6,9,13,17H,7-8H2,1-3H3,(H4-,22,23,24,29,31,32,33,34)/b25-12-/t13-,17-/m1/s1. The number of hydrogen-bond acceptors (Lipinski definition) is 11. The van der Waals surface area contributed by atoms with Crippen LogP contribution in [-0.2, 0) is 37.6 Å². The molecule has 2 aliphatic rings. The second-order valence-corrected chi connectivity index (χ2v) is 10.7. The Kier molecular flexibility index (Phi) is 6.96. The molecule has 2 atom stereocenters. The molecule has 4 heterocycles. The fourth-order valence-electron chi connectivity index (χ4n) is 3.62. The number of thiazole rings is 1. The monoisotopic (exact) mass is 549 g/mol. The van der Waals surface area contributed by atoms with E-state index >= 15 is 0 Å². The Bertz CT molecular complexity index is 1350. The van der Waals surface area contributed by atoms with Gasteiger partial charge in [0.1, 0.15) is 17.1 Å². The average Bonchev–Trinajstić information content (AvgIpc) is 3.44. The van der Waals surface area contributed by atoms with Crippen molar-refractivity contribution >= 4 is 57.7 Å². The summed E-state index contributed by atoms with van der Waals surface area (Å²) in [6.45, 7) is 2.73. The predicted octanol–water partition coefficient (Wildman–Crippen LogP) is -1.96. The number of oxime groups is 1. The molecular weight excluding hydrogens is 526 g/mol. The Balaban J connectivity index is 1.56. The first-order valence-corrected chi connectivity index (χ1v) is 12.7. The summed E-state index contributed by atoms with van der Waals surface area (Å²) in [5, 5.41) is 28.4. The van der Waals surface area contributed by atoms with Gasteiger partial charge in [-0.1, -0.05) is 5.16 Å². The number of hydrogen-bond donors (Lipinski definition) is 3. The molecule has 0 radical (unpaired) electrons. The van der Waals surface area contributed by atoms with E-state index in [1.807, 2.05) is 0 Å². The Labute approximate surface area is 218 Å². The topological polar surface area (TPSA) is 196 Å². The van der Waals surface area contributed by atoms with Crippen LogP contribution in [0.15, 0.2) is 40.3 Å². The average molecular weight is 550 g/mol. The van der Waals surface area contributed by atoms with Gasteiger partial charge in [0, 0.05) is 22.8 Å². The van der Waals surface area contributed by atoms with Crippen molar-refractivity contribution in [2.45, 2.75) is 37.4 Å². The number of fused-ring (bicyclic) bond motifs is 1. The summed E-state index contributed by atoms with van der Waals surface area (Å²) in [6, 6.07) is 0.735.